The normalized spacial score (nSPS) is 25.0. The van der Waals surface area contributed by atoms with Gasteiger partial charge in [-0.2, -0.15) is 0 Å². The summed E-state index contributed by atoms with van der Waals surface area (Å²) in [5.74, 6) is 0.0731. The molecular formula is C21H28N2O4. The van der Waals surface area contributed by atoms with E-state index in [9.17, 15) is 9.59 Å². The Morgan fingerprint density at radius 2 is 1.67 bits per heavy atom. The first kappa shape index (κ1) is 18.4. The Morgan fingerprint density at radius 3 is 2.37 bits per heavy atom. The first-order valence-electron chi connectivity index (χ1n) is 9.90. The standard InChI is InChI=1S/C21H28N2O4/c1-16-4-2-3-5-17(16)19(24)23-14-18(20(25)22-8-12-27-13-9-22)21(15-23)6-10-26-11-7-21/h2-5,18H,6-15H2,1H3/t18-/m0/s1. The summed E-state index contributed by atoms with van der Waals surface area (Å²) in [7, 11) is 0. The molecule has 2 amide bonds. The molecule has 1 aromatic carbocycles. The lowest BCUT2D eigenvalue weighted by Crippen LogP contribution is -2.49. The number of nitrogens with zero attached hydrogens (tertiary/aromatic N) is 2. The van der Waals surface area contributed by atoms with Gasteiger partial charge in [0.15, 0.2) is 0 Å². The molecule has 3 heterocycles. The van der Waals surface area contributed by atoms with E-state index in [1.807, 2.05) is 41.0 Å². The fourth-order valence-corrected chi connectivity index (χ4v) is 4.74. The summed E-state index contributed by atoms with van der Waals surface area (Å²) >= 11 is 0. The molecule has 6 heteroatoms. The number of carbonyl (C=O) groups excluding carboxylic acids is 2. The van der Waals surface area contributed by atoms with Gasteiger partial charge in [-0.15, -0.1) is 0 Å². The van der Waals surface area contributed by atoms with Crippen molar-refractivity contribution >= 4 is 11.8 Å². The van der Waals surface area contributed by atoms with Gasteiger partial charge in [0.05, 0.1) is 19.1 Å². The number of hydrogen-bond donors (Lipinski definition) is 0. The van der Waals surface area contributed by atoms with Crippen LogP contribution in [0.25, 0.3) is 0 Å². The molecular weight excluding hydrogens is 344 g/mol. The predicted octanol–water partition coefficient (Wildman–Crippen LogP) is 1.72. The molecule has 0 aromatic heterocycles. The second-order valence-electron chi connectivity index (χ2n) is 7.97. The maximum atomic E-state index is 13.3. The molecule has 0 radical (unpaired) electrons. The molecule has 3 fully saturated rings. The van der Waals surface area contributed by atoms with E-state index in [-0.39, 0.29) is 23.1 Å². The van der Waals surface area contributed by atoms with Crippen molar-refractivity contribution in [2.45, 2.75) is 19.8 Å². The van der Waals surface area contributed by atoms with E-state index in [1.54, 1.807) is 0 Å². The van der Waals surface area contributed by atoms with Crippen LogP contribution in [-0.4, -0.2) is 74.2 Å². The molecule has 1 aromatic rings. The van der Waals surface area contributed by atoms with Crippen LogP contribution in [0.5, 0.6) is 0 Å². The summed E-state index contributed by atoms with van der Waals surface area (Å²) in [6.07, 6.45) is 1.68. The van der Waals surface area contributed by atoms with Gasteiger partial charge in [-0.05, 0) is 31.4 Å². The van der Waals surface area contributed by atoms with Crippen molar-refractivity contribution in [1.29, 1.82) is 0 Å². The lowest BCUT2D eigenvalue weighted by Gasteiger charge is -2.39. The maximum absolute atomic E-state index is 13.3. The van der Waals surface area contributed by atoms with Gasteiger partial charge in [0, 0.05) is 50.4 Å². The van der Waals surface area contributed by atoms with Crippen molar-refractivity contribution in [2.75, 3.05) is 52.6 Å². The van der Waals surface area contributed by atoms with E-state index in [0.717, 1.165) is 24.0 Å². The van der Waals surface area contributed by atoms with Crippen LogP contribution in [-0.2, 0) is 14.3 Å². The number of morpholine rings is 1. The van der Waals surface area contributed by atoms with Crippen LogP contribution in [0.15, 0.2) is 24.3 Å². The van der Waals surface area contributed by atoms with Crippen LogP contribution < -0.4 is 0 Å². The molecule has 27 heavy (non-hydrogen) atoms. The van der Waals surface area contributed by atoms with Crippen molar-refractivity contribution in [3.63, 3.8) is 0 Å². The second-order valence-corrected chi connectivity index (χ2v) is 7.97. The Labute approximate surface area is 160 Å². The average molecular weight is 372 g/mol. The Kier molecular flexibility index (Phi) is 5.19. The number of benzene rings is 1. The zero-order valence-corrected chi connectivity index (χ0v) is 16.0. The van der Waals surface area contributed by atoms with E-state index in [2.05, 4.69) is 0 Å². The van der Waals surface area contributed by atoms with E-state index in [0.29, 0.717) is 52.6 Å². The van der Waals surface area contributed by atoms with Crippen LogP contribution in [0.4, 0.5) is 0 Å². The summed E-state index contributed by atoms with van der Waals surface area (Å²) in [4.78, 5) is 30.3. The molecule has 0 saturated carbocycles. The first-order chi connectivity index (χ1) is 13.1. The molecule has 4 rings (SSSR count). The highest BCUT2D eigenvalue weighted by Crippen LogP contribution is 2.45. The third kappa shape index (κ3) is 3.48. The van der Waals surface area contributed by atoms with Crippen LogP contribution in [0.1, 0.15) is 28.8 Å². The van der Waals surface area contributed by atoms with Gasteiger partial charge < -0.3 is 19.3 Å². The minimum absolute atomic E-state index is 0.0382. The van der Waals surface area contributed by atoms with E-state index < -0.39 is 0 Å². The largest absolute Gasteiger partial charge is 0.381 e. The molecule has 0 bridgehead atoms. The number of likely N-dealkylation sites (tertiary alicyclic amines) is 1. The third-order valence-corrected chi connectivity index (χ3v) is 6.42. The molecule has 3 aliphatic heterocycles. The lowest BCUT2D eigenvalue weighted by molar-refractivity contribution is -0.144. The SMILES string of the molecule is Cc1ccccc1C(=O)N1C[C@@H](C(=O)N2CCOCC2)C2(CCOCC2)C1. The third-order valence-electron chi connectivity index (χ3n) is 6.42. The maximum Gasteiger partial charge on any atom is 0.254 e. The molecule has 0 N–H and O–H groups in total. The Balaban J connectivity index is 1.58. The number of amides is 2. The summed E-state index contributed by atoms with van der Waals surface area (Å²) in [6.45, 7) is 6.93. The molecule has 3 aliphatic rings. The summed E-state index contributed by atoms with van der Waals surface area (Å²) in [5.41, 5.74) is 1.55. The van der Waals surface area contributed by atoms with Crippen LogP contribution in [0, 0.1) is 18.3 Å². The van der Waals surface area contributed by atoms with E-state index in [4.69, 9.17) is 9.47 Å². The van der Waals surface area contributed by atoms with E-state index >= 15 is 0 Å². The van der Waals surface area contributed by atoms with Crippen molar-refractivity contribution in [1.82, 2.24) is 9.80 Å². The van der Waals surface area contributed by atoms with Crippen molar-refractivity contribution < 1.29 is 19.1 Å². The van der Waals surface area contributed by atoms with Crippen molar-refractivity contribution in [2.24, 2.45) is 11.3 Å². The zero-order valence-electron chi connectivity index (χ0n) is 16.0. The average Bonchev–Trinajstić information content (AvgIpc) is 3.07. The number of aryl methyl sites for hydroxylation is 1. The van der Waals surface area contributed by atoms with Gasteiger partial charge in [-0.25, -0.2) is 0 Å². The molecule has 1 spiro atoms. The smallest absolute Gasteiger partial charge is 0.254 e. The summed E-state index contributed by atoms with van der Waals surface area (Å²) in [5, 5.41) is 0. The number of ether oxygens (including phenoxy) is 2. The van der Waals surface area contributed by atoms with Crippen LogP contribution in [0.2, 0.25) is 0 Å². The van der Waals surface area contributed by atoms with Crippen molar-refractivity contribution in [3.8, 4) is 0 Å². The fraction of sp³-hybridized carbons (Fsp3) is 0.619. The number of carbonyl (C=O) groups is 2. The minimum Gasteiger partial charge on any atom is -0.381 e. The molecule has 0 aliphatic carbocycles. The van der Waals surface area contributed by atoms with Gasteiger partial charge in [0.1, 0.15) is 0 Å². The van der Waals surface area contributed by atoms with Crippen molar-refractivity contribution in [3.05, 3.63) is 35.4 Å². The van der Waals surface area contributed by atoms with Gasteiger partial charge in [-0.1, -0.05) is 18.2 Å². The summed E-state index contributed by atoms with van der Waals surface area (Å²) in [6, 6.07) is 7.69. The summed E-state index contributed by atoms with van der Waals surface area (Å²) < 4.78 is 11.0. The second kappa shape index (κ2) is 7.60. The Hall–Kier alpha value is -1.92. The Morgan fingerprint density at radius 1 is 1.00 bits per heavy atom. The van der Waals surface area contributed by atoms with E-state index in [1.165, 1.54) is 0 Å². The first-order valence-corrected chi connectivity index (χ1v) is 9.90. The van der Waals surface area contributed by atoms with Gasteiger partial charge in [0.2, 0.25) is 5.91 Å². The molecule has 0 unspecified atom stereocenters. The van der Waals surface area contributed by atoms with Crippen LogP contribution >= 0.6 is 0 Å². The fourth-order valence-electron chi connectivity index (χ4n) is 4.74. The molecule has 3 saturated heterocycles. The monoisotopic (exact) mass is 372 g/mol. The number of hydrogen-bond acceptors (Lipinski definition) is 4. The lowest BCUT2D eigenvalue weighted by atomic mass is 9.71. The Bertz CT molecular complexity index is 708. The number of rotatable bonds is 2. The molecule has 1 atom stereocenters. The van der Waals surface area contributed by atoms with Gasteiger partial charge in [0.25, 0.3) is 5.91 Å². The van der Waals surface area contributed by atoms with Gasteiger partial charge >= 0.3 is 0 Å². The zero-order chi connectivity index (χ0) is 18.9. The predicted molar refractivity (Wildman–Crippen MR) is 100 cm³/mol. The minimum atomic E-state index is -0.161. The molecule has 6 nitrogen and oxygen atoms in total. The van der Waals surface area contributed by atoms with Gasteiger partial charge in [-0.3, -0.25) is 9.59 Å². The quantitative estimate of drug-likeness (QED) is 0.793. The highest BCUT2D eigenvalue weighted by molar-refractivity contribution is 5.96. The topological polar surface area (TPSA) is 59.1 Å². The molecule has 146 valence electrons. The van der Waals surface area contributed by atoms with Crippen LogP contribution in [0.3, 0.4) is 0 Å². The highest BCUT2D eigenvalue weighted by Gasteiger charge is 2.52. The highest BCUT2D eigenvalue weighted by atomic mass is 16.5.